The highest BCUT2D eigenvalue weighted by molar-refractivity contribution is 7.98. The van der Waals surface area contributed by atoms with Crippen LogP contribution < -0.4 is 0 Å². The Labute approximate surface area is 96.9 Å². The molecule has 0 atom stereocenters. The fourth-order valence-corrected chi connectivity index (χ4v) is 1.27. The lowest BCUT2D eigenvalue weighted by Crippen LogP contribution is -2.06. The van der Waals surface area contributed by atoms with Crippen molar-refractivity contribution in [2.24, 2.45) is 0 Å². The number of hydrogen-bond acceptors (Lipinski definition) is 5. The Bertz CT molecular complexity index is 451. The molecule has 0 unspecified atom stereocenters. The van der Waals surface area contributed by atoms with E-state index in [-0.39, 0.29) is 17.9 Å². The standard InChI is InChI=1S/C10H10N2O3S/c1-16-10-11-6-7(4-2-3-5-13)8(12-10)9(14)15/h6,13H,3,5H2,1H3,(H,14,15). The lowest BCUT2D eigenvalue weighted by Gasteiger charge is -1.99. The second kappa shape index (κ2) is 6.10. The SMILES string of the molecule is CSc1ncc(C#CCCO)c(C(=O)O)n1. The number of aromatic carboxylic acids is 1. The van der Waals surface area contributed by atoms with Crippen LogP contribution in [0.4, 0.5) is 0 Å². The molecule has 6 heteroatoms. The van der Waals surface area contributed by atoms with Gasteiger partial charge >= 0.3 is 5.97 Å². The van der Waals surface area contributed by atoms with Gasteiger partial charge in [-0.25, -0.2) is 14.8 Å². The van der Waals surface area contributed by atoms with E-state index in [9.17, 15) is 4.79 Å². The summed E-state index contributed by atoms with van der Waals surface area (Å²) in [6.45, 7) is -0.0564. The van der Waals surface area contributed by atoms with E-state index in [1.807, 2.05) is 0 Å². The summed E-state index contributed by atoms with van der Waals surface area (Å²) in [5, 5.41) is 17.9. The molecule has 1 aromatic rings. The molecule has 16 heavy (non-hydrogen) atoms. The minimum absolute atomic E-state index is 0.0564. The molecule has 0 aliphatic rings. The number of aliphatic hydroxyl groups is 1. The van der Waals surface area contributed by atoms with Gasteiger partial charge in [-0.1, -0.05) is 23.6 Å². The maximum absolute atomic E-state index is 10.9. The number of carbonyl (C=O) groups is 1. The quantitative estimate of drug-likeness (QED) is 0.456. The predicted octanol–water partition coefficient (Wildman–Crippen LogP) is 0.631. The zero-order chi connectivity index (χ0) is 12.0. The van der Waals surface area contributed by atoms with Crippen LogP contribution in [0.3, 0.4) is 0 Å². The summed E-state index contributed by atoms with van der Waals surface area (Å²) in [4.78, 5) is 18.7. The summed E-state index contributed by atoms with van der Waals surface area (Å²) in [5.74, 6) is 4.12. The monoisotopic (exact) mass is 238 g/mol. The van der Waals surface area contributed by atoms with Crippen molar-refractivity contribution in [3.05, 3.63) is 17.5 Å². The number of aromatic nitrogens is 2. The molecule has 0 amide bonds. The first-order valence-corrected chi connectivity index (χ1v) is 5.65. The highest BCUT2D eigenvalue weighted by Crippen LogP contribution is 2.11. The Hall–Kier alpha value is -1.58. The number of carboxylic acid groups (broad SMARTS) is 1. The average Bonchev–Trinajstić information content (AvgIpc) is 2.29. The van der Waals surface area contributed by atoms with Gasteiger partial charge in [0, 0.05) is 12.6 Å². The zero-order valence-electron chi connectivity index (χ0n) is 8.60. The van der Waals surface area contributed by atoms with Gasteiger partial charge in [-0.05, 0) is 6.26 Å². The van der Waals surface area contributed by atoms with Crippen molar-refractivity contribution in [2.75, 3.05) is 12.9 Å². The van der Waals surface area contributed by atoms with Gasteiger partial charge in [0.25, 0.3) is 0 Å². The van der Waals surface area contributed by atoms with Crippen LogP contribution in [0.1, 0.15) is 22.5 Å². The maximum Gasteiger partial charge on any atom is 0.355 e. The lowest BCUT2D eigenvalue weighted by molar-refractivity contribution is 0.0689. The normalized spacial score (nSPS) is 9.38. The first kappa shape index (κ1) is 12.5. The molecule has 0 aliphatic heterocycles. The van der Waals surface area contributed by atoms with E-state index in [0.29, 0.717) is 11.6 Å². The third-order valence-electron chi connectivity index (χ3n) is 1.61. The first-order chi connectivity index (χ1) is 7.69. The van der Waals surface area contributed by atoms with E-state index >= 15 is 0 Å². The Morgan fingerprint density at radius 2 is 2.38 bits per heavy atom. The molecule has 5 nitrogen and oxygen atoms in total. The Morgan fingerprint density at radius 3 is 2.94 bits per heavy atom. The van der Waals surface area contributed by atoms with Gasteiger partial charge in [0.15, 0.2) is 10.9 Å². The molecule has 1 heterocycles. The number of thioether (sulfide) groups is 1. The zero-order valence-corrected chi connectivity index (χ0v) is 9.41. The van der Waals surface area contributed by atoms with Crippen LogP contribution in [0.25, 0.3) is 0 Å². The molecule has 0 saturated heterocycles. The fraction of sp³-hybridized carbons (Fsp3) is 0.300. The third-order valence-corrected chi connectivity index (χ3v) is 2.17. The van der Waals surface area contributed by atoms with E-state index in [0.717, 1.165) is 0 Å². The molecular formula is C10H10N2O3S. The molecular weight excluding hydrogens is 228 g/mol. The molecule has 0 spiro atoms. The van der Waals surface area contributed by atoms with Crippen LogP contribution >= 0.6 is 11.8 Å². The average molecular weight is 238 g/mol. The number of carboxylic acids is 1. The first-order valence-electron chi connectivity index (χ1n) is 4.43. The van der Waals surface area contributed by atoms with E-state index in [2.05, 4.69) is 21.8 Å². The number of nitrogens with zero attached hydrogens (tertiary/aromatic N) is 2. The van der Waals surface area contributed by atoms with E-state index < -0.39 is 5.97 Å². The van der Waals surface area contributed by atoms with Gasteiger partial charge in [-0.15, -0.1) is 0 Å². The Morgan fingerprint density at radius 1 is 1.62 bits per heavy atom. The molecule has 0 radical (unpaired) electrons. The summed E-state index contributed by atoms with van der Waals surface area (Å²) in [7, 11) is 0. The summed E-state index contributed by atoms with van der Waals surface area (Å²) in [6.07, 6.45) is 3.44. The minimum atomic E-state index is -1.13. The largest absolute Gasteiger partial charge is 0.476 e. The highest BCUT2D eigenvalue weighted by Gasteiger charge is 2.12. The second-order valence-electron chi connectivity index (χ2n) is 2.70. The summed E-state index contributed by atoms with van der Waals surface area (Å²) >= 11 is 1.26. The lowest BCUT2D eigenvalue weighted by atomic mass is 10.2. The number of aliphatic hydroxyl groups excluding tert-OH is 1. The summed E-state index contributed by atoms with van der Waals surface area (Å²) in [5.41, 5.74) is 0.156. The van der Waals surface area contributed by atoms with Gasteiger partial charge in [-0.2, -0.15) is 0 Å². The van der Waals surface area contributed by atoms with E-state index in [1.165, 1.54) is 18.0 Å². The summed E-state index contributed by atoms with van der Waals surface area (Å²) in [6, 6.07) is 0. The van der Waals surface area contributed by atoms with Gasteiger partial charge in [-0.3, -0.25) is 0 Å². The van der Waals surface area contributed by atoms with Crippen molar-refractivity contribution in [2.45, 2.75) is 11.6 Å². The highest BCUT2D eigenvalue weighted by atomic mass is 32.2. The van der Waals surface area contributed by atoms with Crippen molar-refractivity contribution in [3.63, 3.8) is 0 Å². The molecule has 0 fully saturated rings. The molecule has 0 bridgehead atoms. The van der Waals surface area contributed by atoms with Crippen molar-refractivity contribution in [1.29, 1.82) is 0 Å². The minimum Gasteiger partial charge on any atom is -0.476 e. The fourth-order valence-electron chi connectivity index (χ4n) is 0.932. The van der Waals surface area contributed by atoms with Crippen LogP contribution in [0.2, 0.25) is 0 Å². The molecule has 0 aromatic carbocycles. The van der Waals surface area contributed by atoms with Crippen LogP contribution in [0, 0.1) is 11.8 Å². The van der Waals surface area contributed by atoms with Gasteiger partial charge < -0.3 is 10.2 Å². The third kappa shape index (κ3) is 3.22. The van der Waals surface area contributed by atoms with Crippen molar-refractivity contribution >= 4 is 17.7 Å². The van der Waals surface area contributed by atoms with Crippen molar-refractivity contribution < 1.29 is 15.0 Å². The second-order valence-corrected chi connectivity index (χ2v) is 3.47. The molecule has 0 aliphatic carbocycles. The molecule has 1 rings (SSSR count). The Balaban J connectivity index is 3.09. The van der Waals surface area contributed by atoms with Crippen LogP contribution in [0.15, 0.2) is 11.4 Å². The Kier molecular flexibility index (Phi) is 4.76. The molecule has 1 aromatic heterocycles. The summed E-state index contributed by atoms with van der Waals surface area (Å²) < 4.78 is 0. The maximum atomic E-state index is 10.9. The van der Waals surface area contributed by atoms with Crippen molar-refractivity contribution in [1.82, 2.24) is 9.97 Å². The number of hydrogen-bond donors (Lipinski definition) is 2. The van der Waals surface area contributed by atoms with E-state index in [4.69, 9.17) is 10.2 Å². The topological polar surface area (TPSA) is 83.3 Å². The van der Waals surface area contributed by atoms with Crippen LogP contribution in [-0.2, 0) is 0 Å². The van der Waals surface area contributed by atoms with Crippen LogP contribution in [0.5, 0.6) is 0 Å². The van der Waals surface area contributed by atoms with Crippen LogP contribution in [-0.4, -0.2) is 39.0 Å². The molecule has 84 valence electrons. The number of rotatable bonds is 3. The van der Waals surface area contributed by atoms with E-state index in [1.54, 1.807) is 6.26 Å². The van der Waals surface area contributed by atoms with Gasteiger partial charge in [0.2, 0.25) is 0 Å². The predicted molar refractivity (Wildman–Crippen MR) is 59.4 cm³/mol. The molecule has 2 N–H and O–H groups in total. The van der Waals surface area contributed by atoms with Gasteiger partial charge in [0.1, 0.15) is 0 Å². The molecule has 0 saturated carbocycles. The van der Waals surface area contributed by atoms with Gasteiger partial charge in [0.05, 0.1) is 12.2 Å². The van der Waals surface area contributed by atoms with Crippen molar-refractivity contribution in [3.8, 4) is 11.8 Å². The smallest absolute Gasteiger partial charge is 0.355 e.